The summed E-state index contributed by atoms with van der Waals surface area (Å²) in [6, 6.07) is 0. The topological polar surface area (TPSA) is 78.9 Å². The van der Waals surface area contributed by atoms with Crippen LogP contribution in [0.15, 0.2) is 12.2 Å². The molecule has 114 valence electrons. The number of carbonyl (C=O) groups is 3. The number of carbonyl (C=O) groups excluding carboxylic acids is 3. The number of hydrogen-bond acceptors (Lipinski definition) is 6. The fourth-order valence-corrected chi connectivity index (χ4v) is 1.52. The van der Waals surface area contributed by atoms with Gasteiger partial charge in [-0.15, -0.1) is 0 Å². The van der Waals surface area contributed by atoms with E-state index in [9.17, 15) is 14.4 Å². The molecule has 0 saturated heterocycles. The maximum atomic E-state index is 11.0. The fourth-order valence-electron chi connectivity index (χ4n) is 1.52. The normalized spacial score (nSPS) is 13.6. The van der Waals surface area contributed by atoms with E-state index in [4.69, 9.17) is 9.47 Å². The zero-order valence-electron chi connectivity index (χ0n) is 12.4. The summed E-state index contributed by atoms with van der Waals surface area (Å²) in [6.45, 7) is 4.54. The summed E-state index contributed by atoms with van der Waals surface area (Å²) in [6.07, 6.45) is 3.88. The standard InChI is InChI=1S/C14H22O6/c1-10(7-5-6-8-14(17)18-4)13(20-12(3)16)9-19-11(2)15/h6,8,10,13H,5,7,9H2,1-4H3/b8-6-/t10-,13+/m0/s1. The first-order chi connectivity index (χ1) is 9.36. The molecule has 0 radical (unpaired) electrons. The van der Waals surface area contributed by atoms with E-state index in [-0.39, 0.29) is 12.5 Å². The van der Waals surface area contributed by atoms with Gasteiger partial charge in [0.25, 0.3) is 0 Å². The smallest absolute Gasteiger partial charge is 0.330 e. The molecule has 0 fully saturated rings. The summed E-state index contributed by atoms with van der Waals surface area (Å²) in [4.78, 5) is 32.7. The average molecular weight is 286 g/mol. The van der Waals surface area contributed by atoms with Crippen LogP contribution in [0.25, 0.3) is 0 Å². The first-order valence-corrected chi connectivity index (χ1v) is 6.41. The van der Waals surface area contributed by atoms with Crippen LogP contribution in [-0.2, 0) is 28.6 Å². The van der Waals surface area contributed by atoms with Crippen molar-refractivity contribution in [2.45, 2.75) is 39.7 Å². The molecule has 0 aliphatic carbocycles. The van der Waals surface area contributed by atoms with Gasteiger partial charge in [-0.1, -0.05) is 13.0 Å². The van der Waals surface area contributed by atoms with E-state index in [1.807, 2.05) is 6.92 Å². The third kappa shape index (κ3) is 9.13. The Morgan fingerprint density at radius 3 is 2.30 bits per heavy atom. The maximum absolute atomic E-state index is 11.0. The third-order valence-corrected chi connectivity index (χ3v) is 2.65. The van der Waals surface area contributed by atoms with Crippen molar-refractivity contribution in [2.75, 3.05) is 13.7 Å². The minimum absolute atomic E-state index is 0.000506. The van der Waals surface area contributed by atoms with E-state index in [1.54, 1.807) is 6.08 Å². The lowest BCUT2D eigenvalue weighted by atomic mass is 9.99. The Balaban J connectivity index is 4.28. The largest absolute Gasteiger partial charge is 0.466 e. The molecule has 0 aromatic heterocycles. The highest BCUT2D eigenvalue weighted by molar-refractivity contribution is 5.81. The number of methoxy groups -OCH3 is 1. The number of ether oxygens (including phenoxy) is 3. The minimum atomic E-state index is -0.483. The Kier molecular flexibility index (Phi) is 9.07. The van der Waals surface area contributed by atoms with E-state index in [0.717, 1.165) is 0 Å². The van der Waals surface area contributed by atoms with Crippen molar-refractivity contribution < 1.29 is 28.6 Å². The monoisotopic (exact) mass is 286 g/mol. The summed E-state index contributed by atoms with van der Waals surface area (Å²) < 4.78 is 14.5. The van der Waals surface area contributed by atoms with Crippen LogP contribution in [0.1, 0.15) is 33.6 Å². The highest BCUT2D eigenvalue weighted by Gasteiger charge is 2.21. The molecule has 0 aromatic rings. The van der Waals surface area contributed by atoms with Crippen molar-refractivity contribution in [3.63, 3.8) is 0 Å². The lowest BCUT2D eigenvalue weighted by molar-refractivity contribution is -0.159. The van der Waals surface area contributed by atoms with Crippen molar-refractivity contribution in [1.82, 2.24) is 0 Å². The van der Waals surface area contributed by atoms with Gasteiger partial charge in [-0.2, -0.15) is 0 Å². The van der Waals surface area contributed by atoms with Gasteiger partial charge in [0.1, 0.15) is 12.7 Å². The van der Waals surface area contributed by atoms with E-state index in [2.05, 4.69) is 4.74 Å². The van der Waals surface area contributed by atoms with Gasteiger partial charge in [0.15, 0.2) is 0 Å². The van der Waals surface area contributed by atoms with Crippen LogP contribution in [0.3, 0.4) is 0 Å². The van der Waals surface area contributed by atoms with Gasteiger partial charge in [-0.05, 0) is 18.8 Å². The van der Waals surface area contributed by atoms with Gasteiger partial charge in [0.2, 0.25) is 0 Å². The molecule has 0 spiro atoms. The Labute approximate surface area is 119 Å². The van der Waals surface area contributed by atoms with Crippen LogP contribution < -0.4 is 0 Å². The Morgan fingerprint density at radius 1 is 1.15 bits per heavy atom. The average Bonchev–Trinajstić information content (AvgIpc) is 2.38. The molecule has 2 atom stereocenters. The second-order valence-electron chi connectivity index (χ2n) is 4.43. The summed E-state index contributed by atoms with van der Waals surface area (Å²) in [5, 5.41) is 0. The van der Waals surface area contributed by atoms with Crippen LogP contribution in [0, 0.1) is 5.92 Å². The highest BCUT2D eigenvalue weighted by Crippen LogP contribution is 2.15. The highest BCUT2D eigenvalue weighted by atomic mass is 16.6. The van der Waals surface area contributed by atoms with Crippen molar-refractivity contribution in [3.8, 4) is 0 Å². The van der Waals surface area contributed by atoms with Crippen LogP contribution in [-0.4, -0.2) is 37.7 Å². The van der Waals surface area contributed by atoms with Gasteiger partial charge in [0, 0.05) is 19.9 Å². The molecule has 0 N–H and O–H groups in total. The molecule has 0 saturated carbocycles. The van der Waals surface area contributed by atoms with Crippen molar-refractivity contribution >= 4 is 17.9 Å². The predicted octanol–water partition coefficient (Wildman–Crippen LogP) is 1.63. The van der Waals surface area contributed by atoms with E-state index < -0.39 is 24.0 Å². The van der Waals surface area contributed by atoms with E-state index in [1.165, 1.54) is 27.0 Å². The van der Waals surface area contributed by atoms with Crippen molar-refractivity contribution in [2.24, 2.45) is 5.92 Å². The van der Waals surface area contributed by atoms with Crippen LogP contribution in [0.5, 0.6) is 0 Å². The quantitative estimate of drug-likeness (QED) is 0.383. The first-order valence-electron chi connectivity index (χ1n) is 6.41. The zero-order chi connectivity index (χ0) is 15.5. The van der Waals surface area contributed by atoms with Gasteiger partial charge in [0.05, 0.1) is 7.11 Å². The lowest BCUT2D eigenvalue weighted by Crippen LogP contribution is -2.30. The Hall–Kier alpha value is -1.85. The fraction of sp³-hybridized carbons (Fsp3) is 0.643. The van der Waals surface area contributed by atoms with Crippen LogP contribution in [0.2, 0.25) is 0 Å². The van der Waals surface area contributed by atoms with Crippen LogP contribution >= 0.6 is 0 Å². The first kappa shape index (κ1) is 18.1. The summed E-state index contributed by atoms with van der Waals surface area (Å²) in [5.41, 5.74) is 0. The molecule has 6 nitrogen and oxygen atoms in total. The lowest BCUT2D eigenvalue weighted by Gasteiger charge is -2.22. The Bertz CT molecular complexity index is 361. The second-order valence-corrected chi connectivity index (χ2v) is 4.43. The molecule has 0 aliphatic rings. The predicted molar refractivity (Wildman–Crippen MR) is 71.7 cm³/mol. The summed E-state index contributed by atoms with van der Waals surface area (Å²) in [7, 11) is 1.31. The molecule has 6 heteroatoms. The zero-order valence-corrected chi connectivity index (χ0v) is 12.4. The van der Waals surface area contributed by atoms with Crippen molar-refractivity contribution in [1.29, 1.82) is 0 Å². The number of rotatable bonds is 8. The van der Waals surface area contributed by atoms with Gasteiger partial charge >= 0.3 is 17.9 Å². The van der Waals surface area contributed by atoms with Gasteiger partial charge in [-0.3, -0.25) is 9.59 Å². The third-order valence-electron chi connectivity index (χ3n) is 2.65. The van der Waals surface area contributed by atoms with Gasteiger partial charge in [-0.25, -0.2) is 4.79 Å². The maximum Gasteiger partial charge on any atom is 0.330 e. The molecular formula is C14H22O6. The number of hydrogen-bond donors (Lipinski definition) is 0. The van der Waals surface area contributed by atoms with Crippen molar-refractivity contribution in [3.05, 3.63) is 12.2 Å². The second kappa shape index (κ2) is 10.00. The number of allylic oxidation sites excluding steroid dienone is 1. The Morgan fingerprint density at radius 2 is 1.80 bits per heavy atom. The summed E-state index contributed by atoms with van der Waals surface area (Å²) >= 11 is 0. The van der Waals surface area contributed by atoms with Crippen LogP contribution in [0.4, 0.5) is 0 Å². The molecule has 0 heterocycles. The minimum Gasteiger partial charge on any atom is -0.466 e. The molecule has 0 unspecified atom stereocenters. The van der Waals surface area contributed by atoms with Gasteiger partial charge < -0.3 is 14.2 Å². The van der Waals surface area contributed by atoms with E-state index >= 15 is 0 Å². The molecule has 0 aromatic carbocycles. The summed E-state index contributed by atoms with van der Waals surface area (Å²) in [5.74, 6) is -1.24. The SMILES string of the molecule is COC(=O)/C=C\CC[C@H](C)[C@@H](COC(C)=O)OC(C)=O. The molecule has 0 amide bonds. The molecule has 0 rings (SSSR count). The molecule has 20 heavy (non-hydrogen) atoms. The molecule has 0 bridgehead atoms. The molecular weight excluding hydrogens is 264 g/mol. The molecule has 0 aliphatic heterocycles. The number of esters is 3. The van der Waals surface area contributed by atoms with E-state index in [0.29, 0.717) is 12.8 Å².